The van der Waals surface area contributed by atoms with Gasteiger partial charge in [0.05, 0.1) is 13.2 Å². The van der Waals surface area contributed by atoms with Crippen molar-refractivity contribution >= 4 is 34.2 Å². The molecule has 1 amide bonds. The standard InChI is InChI=1S/C12H20N2O2S2/c15-11(13-6-8-16-9-7-13)3-10-18-12(17)14-4-1-2-5-14/h1-10H2. The average Bonchev–Trinajstić information content (AvgIpc) is 2.93. The Morgan fingerprint density at radius 3 is 2.44 bits per heavy atom. The van der Waals surface area contributed by atoms with Gasteiger partial charge in [0.15, 0.2) is 0 Å². The number of morpholine rings is 1. The summed E-state index contributed by atoms with van der Waals surface area (Å²) in [6.45, 7) is 4.99. The molecule has 2 heterocycles. The molecule has 0 aromatic heterocycles. The van der Waals surface area contributed by atoms with Gasteiger partial charge in [0.1, 0.15) is 4.32 Å². The van der Waals surface area contributed by atoms with Crippen molar-refractivity contribution in [1.29, 1.82) is 0 Å². The van der Waals surface area contributed by atoms with Crippen molar-refractivity contribution in [2.45, 2.75) is 19.3 Å². The Hall–Kier alpha value is -0.330. The van der Waals surface area contributed by atoms with Gasteiger partial charge in [-0.25, -0.2) is 0 Å². The summed E-state index contributed by atoms with van der Waals surface area (Å²) >= 11 is 7.01. The first kappa shape index (κ1) is 14.1. The molecule has 0 radical (unpaired) electrons. The highest BCUT2D eigenvalue weighted by Gasteiger charge is 2.18. The highest BCUT2D eigenvalue weighted by Crippen LogP contribution is 2.17. The van der Waals surface area contributed by atoms with Gasteiger partial charge in [0, 0.05) is 38.4 Å². The lowest BCUT2D eigenvalue weighted by atomic mass is 10.3. The molecule has 0 aromatic rings. The maximum absolute atomic E-state index is 11.9. The summed E-state index contributed by atoms with van der Waals surface area (Å²) < 4.78 is 6.19. The highest BCUT2D eigenvalue weighted by atomic mass is 32.2. The lowest BCUT2D eigenvalue weighted by Gasteiger charge is -2.27. The van der Waals surface area contributed by atoms with Gasteiger partial charge in [-0.15, -0.1) is 0 Å². The van der Waals surface area contributed by atoms with E-state index in [2.05, 4.69) is 4.90 Å². The second kappa shape index (κ2) is 7.31. The Kier molecular flexibility index (Phi) is 5.72. The van der Waals surface area contributed by atoms with E-state index in [-0.39, 0.29) is 5.91 Å². The molecule has 6 heteroatoms. The molecule has 18 heavy (non-hydrogen) atoms. The summed E-state index contributed by atoms with van der Waals surface area (Å²) in [5.41, 5.74) is 0. The van der Waals surface area contributed by atoms with Crippen molar-refractivity contribution in [2.24, 2.45) is 0 Å². The minimum atomic E-state index is 0.232. The van der Waals surface area contributed by atoms with Crippen molar-refractivity contribution in [1.82, 2.24) is 9.80 Å². The zero-order valence-electron chi connectivity index (χ0n) is 10.6. The molecule has 0 atom stereocenters. The fraction of sp³-hybridized carbons (Fsp3) is 0.833. The van der Waals surface area contributed by atoms with Crippen LogP contribution in [-0.2, 0) is 9.53 Å². The summed E-state index contributed by atoms with van der Waals surface area (Å²) in [7, 11) is 0. The number of nitrogens with zero attached hydrogens (tertiary/aromatic N) is 2. The Balaban J connectivity index is 1.62. The van der Waals surface area contributed by atoms with Crippen LogP contribution in [0.15, 0.2) is 0 Å². The van der Waals surface area contributed by atoms with Gasteiger partial charge in [-0.05, 0) is 12.8 Å². The molecule has 102 valence electrons. The van der Waals surface area contributed by atoms with Gasteiger partial charge in [0.2, 0.25) is 5.91 Å². The second-order valence-electron chi connectivity index (χ2n) is 4.55. The van der Waals surface area contributed by atoms with E-state index in [1.165, 1.54) is 12.8 Å². The predicted octanol–water partition coefficient (Wildman–Crippen LogP) is 1.35. The van der Waals surface area contributed by atoms with Gasteiger partial charge in [0.25, 0.3) is 0 Å². The van der Waals surface area contributed by atoms with Gasteiger partial charge < -0.3 is 14.5 Å². The molecule has 2 rings (SSSR count). The number of hydrogen-bond donors (Lipinski definition) is 0. The molecule has 0 bridgehead atoms. The third-order valence-electron chi connectivity index (χ3n) is 3.27. The smallest absolute Gasteiger partial charge is 0.223 e. The lowest BCUT2D eigenvalue weighted by molar-refractivity contribution is -0.134. The van der Waals surface area contributed by atoms with E-state index in [1.807, 2.05) is 4.90 Å². The third-order valence-corrected chi connectivity index (χ3v) is 4.79. The molecular formula is C12H20N2O2S2. The van der Waals surface area contributed by atoms with E-state index >= 15 is 0 Å². The minimum absolute atomic E-state index is 0.232. The largest absolute Gasteiger partial charge is 0.378 e. The number of ether oxygens (including phenoxy) is 1. The van der Waals surface area contributed by atoms with Crippen molar-refractivity contribution < 1.29 is 9.53 Å². The third kappa shape index (κ3) is 4.10. The maximum Gasteiger partial charge on any atom is 0.223 e. The fourth-order valence-corrected chi connectivity index (χ4v) is 3.44. The summed E-state index contributed by atoms with van der Waals surface area (Å²) in [5.74, 6) is 1.03. The number of thiocarbonyl (C=S) groups is 1. The second-order valence-corrected chi connectivity index (χ2v) is 6.28. The molecule has 0 unspecified atom stereocenters. The molecule has 4 nitrogen and oxygen atoms in total. The summed E-state index contributed by atoms with van der Waals surface area (Å²) in [4.78, 5) is 16.0. The van der Waals surface area contributed by atoms with Crippen LogP contribution in [0.5, 0.6) is 0 Å². The first-order chi connectivity index (χ1) is 8.77. The number of amides is 1. The van der Waals surface area contributed by atoms with E-state index in [1.54, 1.807) is 11.8 Å². The van der Waals surface area contributed by atoms with Gasteiger partial charge >= 0.3 is 0 Å². The lowest BCUT2D eigenvalue weighted by Crippen LogP contribution is -2.40. The maximum atomic E-state index is 11.9. The Bertz CT molecular complexity index is 300. The number of rotatable bonds is 3. The Labute approximate surface area is 118 Å². The van der Waals surface area contributed by atoms with Crippen LogP contribution in [0.4, 0.5) is 0 Å². The van der Waals surface area contributed by atoms with E-state index in [0.29, 0.717) is 19.6 Å². The molecule has 0 aliphatic carbocycles. The summed E-state index contributed by atoms with van der Waals surface area (Å²) in [5, 5.41) is 0. The molecule has 2 aliphatic heterocycles. The minimum Gasteiger partial charge on any atom is -0.378 e. The number of carbonyl (C=O) groups excluding carboxylic acids is 1. The van der Waals surface area contributed by atoms with Crippen molar-refractivity contribution in [2.75, 3.05) is 45.1 Å². The van der Waals surface area contributed by atoms with Crippen LogP contribution in [0, 0.1) is 0 Å². The first-order valence-electron chi connectivity index (χ1n) is 6.54. The van der Waals surface area contributed by atoms with Crippen LogP contribution >= 0.6 is 24.0 Å². The highest BCUT2D eigenvalue weighted by molar-refractivity contribution is 8.22. The molecule has 2 fully saturated rings. The fourth-order valence-electron chi connectivity index (χ4n) is 2.19. The van der Waals surface area contributed by atoms with Crippen LogP contribution < -0.4 is 0 Å². The van der Waals surface area contributed by atoms with Crippen LogP contribution in [0.25, 0.3) is 0 Å². The van der Waals surface area contributed by atoms with Crippen LogP contribution in [-0.4, -0.2) is 65.2 Å². The first-order valence-corrected chi connectivity index (χ1v) is 7.94. The predicted molar refractivity (Wildman–Crippen MR) is 77.9 cm³/mol. The van der Waals surface area contributed by atoms with Crippen molar-refractivity contribution in [3.05, 3.63) is 0 Å². The summed E-state index contributed by atoms with van der Waals surface area (Å²) in [6, 6.07) is 0. The summed E-state index contributed by atoms with van der Waals surface area (Å²) in [6.07, 6.45) is 3.07. The van der Waals surface area contributed by atoms with Crippen molar-refractivity contribution in [3.63, 3.8) is 0 Å². The molecule has 0 spiro atoms. The number of hydrogen-bond acceptors (Lipinski definition) is 4. The van der Waals surface area contributed by atoms with E-state index in [0.717, 1.165) is 36.3 Å². The van der Waals surface area contributed by atoms with Gasteiger partial charge in [-0.3, -0.25) is 4.79 Å². The van der Waals surface area contributed by atoms with Gasteiger partial charge in [-0.1, -0.05) is 24.0 Å². The quantitative estimate of drug-likeness (QED) is 0.732. The van der Waals surface area contributed by atoms with Crippen LogP contribution in [0.2, 0.25) is 0 Å². The Morgan fingerprint density at radius 1 is 1.11 bits per heavy atom. The normalized spacial score (nSPS) is 20.2. The average molecular weight is 288 g/mol. The zero-order chi connectivity index (χ0) is 12.8. The van der Waals surface area contributed by atoms with Crippen LogP contribution in [0.3, 0.4) is 0 Å². The SMILES string of the molecule is O=C(CCSC(=S)N1CCCC1)N1CCOCC1. The molecular weight excluding hydrogens is 268 g/mol. The number of likely N-dealkylation sites (tertiary alicyclic amines) is 1. The Morgan fingerprint density at radius 2 is 1.78 bits per heavy atom. The van der Waals surface area contributed by atoms with Crippen molar-refractivity contribution in [3.8, 4) is 0 Å². The molecule has 2 saturated heterocycles. The van der Waals surface area contributed by atoms with Gasteiger partial charge in [-0.2, -0.15) is 0 Å². The topological polar surface area (TPSA) is 32.8 Å². The number of thioether (sulfide) groups is 1. The monoisotopic (exact) mass is 288 g/mol. The zero-order valence-corrected chi connectivity index (χ0v) is 12.2. The van der Waals surface area contributed by atoms with E-state index in [4.69, 9.17) is 17.0 Å². The molecule has 0 saturated carbocycles. The van der Waals surface area contributed by atoms with E-state index < -0.39 is 0 Å². The van der Waals surface area contributed by atoms with Crippen LogP contribution in [0.1, 0.15) is 19.3 Å². The molecule has 0 aromatic carbocycles. The van der Waals surface area contributed by atoms with E-state index in [9.17, 15) is 4.79 Å². The molecule has 2 aliphatic rings. The molecule has 0 N–H and O–H groups in total. The number of carbonyl (C=O) groups is 1.